The summed E-state index contributed by atoms with van der Waals surface area (Å²) in [5.74, 6) is -4.10. The maximum absolute atomic E-state index is 13.0. The molecule has 2 aromatic rings. The molecule has 0 saturated carbocycles. The van der Waals surface area contributed by atoms with Gasteiger partial charge in [0.25, 0.3) is 0 Å². The average Bonchev–Trinajstić information content (AvgIpc) is 2.68. The fourth-order valence-corrected chi connectivity index (χ4v) is 3.32. The molecular weight excluding hydrogens is 494 g/mol. The number of alkyl halides is 3. The minimum atomic E-state index is -4.72. The highest BCUT2D eigenvalue weighted by atomic mass is 35.5. The maximum atomic E-state index is 13.0. The van der Waals surface area contributed by atoms with Crippen LogP contribution in [0.15, 0.2) is 24.3 Å². The number of carbonyl (C=O) groups is 2. The molecule has 2 aromatic carbocycles. The predicted molar refractivity (Wildman–Crippen MR) is 111 cm³/mol. The molecule has 0 aliphatic rings. The first kappa shape index (κ1) is 26.2. The summed E-state index contributed by atoms with van der Waals surface area (Å²) >= 11 is 11.8. The van der Waals surface area contributed by atoms with Crippen LogP contribution in [0.25, 0.3) is 0 Å². The van der Waals surface area contributed by atoms with Gasteiger partial charge in [0, 0.05) is 13.0 Å². The highest BCUT2D eigenvalue weighted by Gasteiger charge is 2.34. The highest BCUT2D eigenvalue weighted by Crippen LogP contribution is 2.45. The first-order valence-corrected chi connectivity index (χ1v) is 9.93. The molecule has 13 heteroatoms. The van der Waals surface area contributed by atoms with E-state index in [1.165, 1.54) is 13.8 Å². The van der Waals surface area contributed by atoms with Crippen LogP contribution in [-0.4, -0.2) is 23.5 Å². The third-order valence-corrected chi connectivity index (χ3v) is 4.73. The molecular formula is C20H16Cl2F3NO7. The van der Waals surface area contributed by atoms with Crippen molar-refractivity contribution >= 4 is 40.8 Å². The summed E-state index contributed by atoms with van der Waals surface area (Å²) in [6, 6.07) is 3.20. The molecule has 0 fully saturated rings. The van der Waals surface area contributed by atoms with Crippen molar-refractivity contribution < 1.29 is 41.9 Å². The lowest BCUT2D eigenvalue weighted by Gasteiger charge is -2.17. The number of nitro groups is 1. The zero-order valence-corrected chi connectivity index (χ0v) is 18.8. The van der Waals surface area contributed by atoms with E-state index in [-0.39, 0.29) is 23.7 Å². The van der Waals surface area contributed by atoms with Gasteiger partial charge in [-0.05, 0) is 32.0 Å². The molecule has 0 amide bonds. The zero-order valence-electron chi connectivity index (χ0n) is 17.3. The number of hydrogen-bond donors (Lipinski definition) is 0. The van der Waals surface area contributed by atoms with Gasteiger partial charge in [0.1, 0.15) is 5.75 Å². The predicted octanol–water partition coefficient (Wildman–Crippen LogP) is 6.30. The molecule has 0 aliphatic carbocycles. The van der Waals surface area contributed by atoms with E-state index in [4.69, 9.17) is 37.4 Å². The number of benzene rings is 2. The van der Waals surface area contributed by atoms with Gasteiger partial charge in [-0.2, -0.15) is 13.2 Å². The number of rotatable bonds is 7. The van der Waals surface area contributed by atoms with Crippen molar-refractivity contribution in [2.75, 3.05) is 6.61 Å². The topological polar surface area (TPSA) is 105 Å². The fraction of sp³-hybridized carbons (Fsp3) is 0.300. The Morgan fingerprint density at radius 2 is 1.73 bits per heavy atom. The van der Waals surface area contributed by atoms with Crippen LogP contribution in [0.2, 0.25) is 10.0 Å². The van der Waals surface area contributed by atoms with Crippen LogP contribution < -0.4 is 9.47 Å². The van der Waals surface area contributed by atoms with E-state index in [0.29, 0.717) is 12.1 Å². The van der Waals surface area contributed by atoms with Crippen molar-refractivity contribution in [1.29, 1.82) is 0 Å². The van der Waals surface area contributed by atoms with E-state index in [1.807, 2.05) is 0 Å². The van der Waals surface area contributed by atoms with Gasteiger partial charge in [-0.1, -0.05) is 23.2 Å². The lowest BCUT2D eigenvalue weighted by molar-refractivity contribution is -0.386. The number of halogens is 5. The molecule has 0 N–H and O–H groups in total. The van der Waals surface area contributed by atoms with Crippen LogP contribution in [0.1, 0.15) is 37.8 Å². The van der Waals surface area contributed by atoms with E-state index >= 15 is 0 Å². The number of esters is 2. The number of ether oxygens (including phenoxy) is 3. The summed E-state index contributed by atoms with van der Waals surface area (Å²) in [4.78, 5) is 34.5. The second-order valence-electron chi connectivity index (χ2n) is 6.55. The third kappa shape index (κ3) is 6.26. The smallest absolute Gasteiger partial charge is 0.416 e. The van der Waals surface area contributed by atoms with Crippen molar-refractivity contribution in [1.82, 2.24) is 0 Å². The SMILES string of the molecule is CCOC(=O)C(C)c1cc(Oc2c(Cl)cc(C(F)(F)F)cc2Cl)cc(OC(C)=O)c1[N+](=O)[O-]. The Labute approximate surface area is 195 Å². The molecule has 8 nitrogen and oxygen atoms in total. The molecule has 33 heavy (non-hydrogen) atoms. The summed E-state index contributed by atoms with van der Waals surface area (Å²) < 4.78 is 54.2. The second kappa shape index (κ2) is 10.3. The molecule has 0 radical (unpaired) electrons. The van der Waals surface area contributed by atoms with Crippen LogP contribution in [-0.2, 0) is 20.5 Å². The molecule has 1 unspecified atom stereocenters. The van der Waals surface area contributed by atoms with Crippen molar-refractivity contribution in [3.63, 3.8) is 0 Å². The van der Waals surface area contributed by atoms with Gasteiger partial charge >= 0.3 is 23.8 Å². The normalized spacial score (nSPS) is 12.1. The first-order valence-electron chi connectivity index (χ1n) is 9.17. The summed E-state index contributed by atoms with van der Waals surface area (Å²) in [6.45, 7) is 3.85. The molecule has 0 bridgehead atoms. The quantitative estimate of drug-likeness (QED) is 0.186. The lowest BCUT2D eigenvalue weighted by atomic mass is 9.98. The Balaban J connectivity index is 2.67. The second-order valence-corrected chi connectivity index (χ2v) is 7.37. The van der Waals surface area contributed by atoms with E-state index in [9.17, 15) is 32.9 Å². The molecule has 0 spiro atoms. The minimum absolute atomic E-state index is 0.000729. The van der Waals surface area contributed by atoms with Crippen LogP contribution in [0.4, 0.5) is 18.9 Å². The molecule has 0 heterocycles. The van der Waals surface area contributed by atoms with Crippen molar-refractivity contribution in [2.24, 2.45) is 0 Å². The first-order chi connectivity index (χ1) is 15.3. The van der Waals surface area contributed by atoms with Gasteiger partial charge < -0.3 is 14.2 Å². The summed E-state index contributed by atoms with van der Waals surface area (Å²) in [6.07, 6.45) is -4.72. The standard InChI is InChI=1S/C20H16Cl2F3NO7/c1-4-31-19(28)9(2)13-7-12(8-16(32-10(3)27)17(13)26(29)30)33-18-14(21)5-11(6-15(18)22)20(23,24)25/h5-9H,4H2,1-3H3. The Kier molecular flexibility index (Phi) is 8.15. The zero-order chi connectivity index (χ0) is 25.1. The lowest BCUT2D eigenvalue weighted by Crippen LogP contribution is -2.15. The molecule has 0 aliphatic heterocycles. The van der Waals surface area contributed by atoms with E-state index in [1.54, 1.807) is 0 Å². The molecule has 0 aromatic heterocycles. The molecule has 178 valence electrons. The minimum Gasteiger partial charge on any atom is -0.466 e. The van der Waals surface area contributed by atoms with Gasteiger partial charge in [-0.15, -0.1) is 0 Å². The van der Waals surface area contributed by atoms with Crippen LogP contribution in [0, 0.1) is 10.1 Å². The van der Waals surface area contributed by atoms with Gasteiger partial charge in [-0.3, -0.25) is 19.7 Å². The monoisotopic (exact) mass is 509 g/mol. The Morgan fingerprint density at radius 3 is 2.18 bits per heavy atom. The third-order valence-electron chi connectivity index (χ3n) is 4.17. The summed E-state index contributed by atoms with van der Waals surface area (Å²) in [5.41, 5.74) is -2.04. The molecule has 0 saturated heterocycles. The number of carbonyl (C=O) groups excluding carboxylic acids is 2. The summed E-state index contributed by atoms with van der Waals surface area (Å²) in [5, 5.41) is 10.7. The average molecular weight is 510 g/mol. The van der Waals surface area contributed by atoms with Crippen LogP contribution in [0.5, 0.6) is 17.2 Å². The van der Waals surface area contributed by atoms with Crippen LogP contribution >= 0.6 is 23.2 Å². The van der Waals surface area contributed by atoms with Gasteiger partial charge in [0.2, 0.25) is 5.75 Å². The van der Waals surface area contributed by atoms with Gasteiger partial charge in [0.15, 0.2) is 5.75 Å². The fourth-order valence-electron chi connectivity index (χ4n) is 2.75. The highest BCUT2D eigenvalue weighted by molar-refractivity contribution is 6.37. The number of nitrogens with zero attached hydrogens (tertiary/aromatic N) is 1. The van der Waals surface area contributed by atoms with Crippen molar-refractivity contribution in [2.45, 2.75) is 32.9 Å². The largest absolute Gasteiger partial charge is 0.466 e. The Bertz CT molecular complexity index is 1080. The number of hydrogen-bond acceptors (Lipinski definition) is 7. The summed E-state index contributed by atoms with van der Waals surface area (Å²) in [7, 11) is 0. The van der Waals surface area contributed by atoms with E-state index in [2.05, 4.69) is 0 Å². The molecule has 2 rings (SSSR count). The Morgan fingerprint density at radius 1 is 1.15 bits per heavy atom. The van der Waals surface area contributed by atoms with E-state index in [0.717, 1.165) is 19.1 Å². The number of nitro benzene ring substituents is 1. The van der Waals surface area contributed by atoms with Crippen molar-refractivity contribution in [3.05, 3.63) is 55.6 Å². The van der Waals surface area contributed by atoms with E-state index < -0.39 is 56.0 Å². The van der Waals surface area contributed by atoms with Gasteiger partial charge in [-0.25, -0.2) is 0 Å². The molecule has 1 atom stereocenters. The van der Waals surface area contributed by atoms with Gasteiger partial charge in [0.05, 0.1) is 38.6 Å². The Hall–Kier alpha value is -3.05. The maximum Gasteiger partial charge on any atom is 0.416 e. The van der Waals surface area contributed by atoms with Crippen molar-refractivity contribution in [3.8, 4) is 17.2 Å². The van der Waals surface area contributed by atoms with Crippen LogP contribution in [0.3, 0.4) is 0 Å².